The average Bonchev–Trinajstić information content (AvgIpc) is 2.45. The molecule has 0 saturated carbocycles. The molecule has 1 aliphatic heterocycles. The van der Waals surface area contributed by atoms with E-state index in [4.69, 9.17) is 14.6 Å². The number of benzene rings is 1. The van der Waals surface area contributed by atoms with Crippen molar-refractivity contribution in [2.45, 2.75) is 12.8 Å². The second-order valence-electron chi connectivity index (χ2n) is 4.73. The molecule has 1 fully saturated rings. The summed E-state index contributed by atoms with van der Waals surface area (Å²) in [6, 6.07) is 4.41. The van der Waals surface area contributed by atoms with E-state index < -0.39 is 11.8 Å². The van der Waals surface area contributed by atoms with Gasteiger partial charge in [0.15, 0.2) is 11.6 Å². The smallest absolute Gasteiger partial charge is 0.328 e. The van der Waals surface area contributed by atoms with E-state index in [1.807, 2.05) is 0 Å². The van der Waals surface area contributed by atoms with Crippen molar-refractivity contribution >= 4 is 12.0 Å². The van der Waals surface area contributed by atoms with Gasteiger partial charge in [-0.15, -0.1) is 0 Å². The number of halogens is 1. The van der Waals surface area contributed by atoms with Crippen LogP contribution in [0.15, 0.2) is 24.3 Å². The Hall–Kier alpha value is -1.88. The zero-order chi connectivity index (χ0) is 14.4. The highest BCUT2D eigenvalue weighted by Gasteiger charge is 2.15. The lowest BCUT2D eigenvalue weighted by Crippen LogP contribution is -2.21. The van der Waals surface area contributed by atoms with Gasteiger partial charge < -0.3 is 14.6 Å². The zero-order valence-corrected chi connectivity index (χ0v) is 11.0. The van der Waals surface area contributed by atoms with Gasteiger partial charge in [-0.1, -0.05) is 6.07 Å². The molecule has 0 atom stereocenters. The van der Waals surface area contributed by atoms with Crippen molar-refractivity contribution in [3.63, 3.8) is 0 Å². The molecule has 0 aliphatic carbocycles. The summed E-state index contributed by atoms with van der Waals surface area (Å²) in [5.41, 5.74) is 0.489. The summed E-state index contributed by atoms with van der Waals surface area (Å²) in [5.74, 6) is -0.950. The third-order valence-corrected chi connectivity index (χ3v) is 3.19. The maximum absolute atomic E-state index is 13.8. The second-order valence-corrected chi connectivity index (χ2v) is 4.73. The van der Waals surface area contributed by atoms with Crippen LogP contribution in [0.25, 0.3) is 6.08 Å². The van der Waals surface area contributed by atoms with Crippen LogP contribution < -0.4 is 4.74 Å². The Morgan fingerprint density at radius 2 is 2.20 bits per heavy atom. The van der Waals surface area contributed by atoms with Gasteiger partial charge in [0.25, 0.3) is 0 Å². The summed E-state index contributed by atoms with van der Waals surface area (Å²) in [4.78, 5) is 10.4. The van der Waals surface area contributed by atoms with E-state index in [9.17, 15) is 9.18 Å². The average molecular weight is 280 g/mol. The van der Waals surface area contributed by atoms with Crippen molar-refractivity contribution < 1.29 is 23.8 Å². The normalized spacial score (nSPS) is 16.4. The Bertz CT molecular complexity index is 493. The quantitative estimate of drug-likeness (QED) is 0.843. The molecule has 20 heavy (non-hydrogen) atoms. The maximum atomic E-state index is 13.8. The molecular weight excluding hydrogens is 263 g/mol. The van der Waals surface area contributed by atoms with Crippen molar-refractivity contribution in [2.75, 3.05) is 19.8 Å². The number of ether oxygens (including phenoxy) is 2. The molecule has 1 aromatic rings. The summed E-state index contributed by atoms with van der Waals surface area (Å²) in [6.07, 6.45) is 4.17. The topological polar surface area (TPSA) is 55.8 Å². The minimum absolute atomic E-state index is 0.198. The highest BCUT2D eigenvalue weighted by atomic mass is 19.1. The Labute approximate surface area is 116 Å². The first-order valence-corrected chi connectivity index (χ1v) is 6.56. The van der Waals surface area contributed by atoms with Crippen molar-refractivity contribution in [3.05, 3.63) is 35.7 Å². The third-order valence-electron chi connectivity index (χ3n) is 3.19. The monoisotopic (exact) mass is 280 g/mol. The summed E-state index contributed by atoms with van der Waals surface area (Å²) in [5, 5.41) is 8.51. The molecule has 1 aliphatic rings. The van der Waals surface area contributed by atoms with Gasteiger partial charge in [0.05, 0.1) is 6.61 Å². The molecule has 1 saturated heterocycles. The first kappa shape index (κ1) is 14.5. The van der Waals surface area contributed by atoms with Crippen LogP contribution in [0.1, 0.15) is 18.4 Å². The molecule has 1 N–H and O–H groups in total. The molecule has 0 aromatic heterocycles. The standard InChI is InChI=1S/C15H17FO4/c16-13-9-11(2-4-15(17)18)1-3-14(13)20-10-12-5-7-19-8-6-12/h1-4,9,12H,5-8,10H2,(H,17,18)/b4-2+. The van der Waals surface area contributed by atoms with Crippen molar-refractivity contribution in [2.24, 2.45) is 5.92 Å². The first-order chi connectivity index (χ1) is 9.65. The van der Waals surface area contributed by atoms with Gasteiger partial charge in [0.1, 0.15) is 0 Å². The van der Waals surface area contributed by atoms with Gasteiger partial charge in [-0.2, -0.15) is 0 Å². The number of aliphatic carboxylic acids is 1. The predicted octanol–water partition coefficient (Wildman–Crippen LogP) is 2.73. The van der Waals surface area contributed by atoms with E-state index in [1.54, 1.807) is 6.07 Å². The molecule has 5 heteroatoms. The minimum Gasteiger partial charge on any atom is -0.490 e. The predicted molar refractivity (Wildman–Crippen MR) is 72.1 cm³/mol. The van der Waals surface area contributed by atoms with Gasteiger partial charge in [0.2, 0.25) is 0 Å². The van der Waals surface area contributed by atoms with Crippen molar-refractivity contribution in [1.29, 1.82) is 0 Å². The lowest BCUT2D eigenvalue weighted by atomic mass is 10.0. The number of rotatable bonds is 5. The lowest BCUT2D eigenvalue weighted by Gasteiger charge is -2.22. The number of carbonyl (C=O) groups is 1. The summed E-state index contributed by atoms with van der Waals surface area (Å²) in [6.45, 7) is 1.94. The molecule has 0 radical (unpaired) electrons. The Kier molecular flexibility index (Phi) is 5.12. The van der Waals surface area contributed by atoms with Crippen LogP contribution in [0.2, 0.25) is 0 Å². The van der Waals surface area contributed by atoms with Gasteiger partial charge >= 0.3 is 5.97 Å². The molecule has 0 bridgehead atoms. The molecule has 0 amide bonds. The Balaban J connectivity index is 1.93. The largest absolute Gasteiger partial charge is 0.490 e. The minimum atomic E-state index is -1.06. The van der Waals surface area contributed by atoms with Crippen LogP contribution in [0.4, 0.5) is 4.39 Å². The summed E-state index contributed by atoms with van der Waals surface area (Å²) in [7, 11) is 0. The van der Waals surface area contributed by atoms with E-state index in [0.717, 1.165) is 32.1 Å². The molecule has 4 nitrogen and oxygen atoms in total. The van der Waals surface area contributed by atoms with E-state index in [1.165, 1.54) is 18.2 Å². The highest BCUT2D eigenvalue weighted by Crippen LogP contribution is 2.22. The van der Waals surface area contributed by atoms with E-state index in [2.05, 4.69) is 0 Å². The summed E-state index contributed by atoms with van der Waals surface area (Å²) < 4.78 is 24.5. The number of hydrogen-bond acceptors (Lipinski definition) is 3. The molecule has 0 spiro atoms. The first-order valence-electron chi connectivity index (χ1n) is 6.56. The number of carboxylic acids is 1. The molecule has 0 unspecified atom stereocenters. The van der Waals surface area contributed by atoms with E-state index >= 15 is 0 Å². The van der Waals surface area contributed by atoms with Crippen LogP contribution in [0.5, 0.6) is 5.75 Å². The van der Waals surface area contributed by atoms with Crippen LogP contribution in [0, 0.1) is 11.7 Å². The van der Waals surface area contributed by atoms with Crippen LogP contribution in [-0.2, 0) is 9.53 Å². The van der Waals surface area contributed by atoms with E-state index in [0.29, 0.717) is 18.1 Å². The third kappa shape index (κ3) is 4.35. The molecular formula is C15H17FO4. The fourth-order valence-electron chi connectivity index (χ4n) is 2.03. The molecule has 2 rings (SSSR count). The number of carboxylic acid groups (broad SMARTS) is 1. The van der Waals surface area contributed by atoms with Gasteiger partial charge in [-0.3, -0.25) is 0 Å². The fourth-order valence-corrected chi connectivity index (χ4v) is 2.03. The molecule has 1 aromatic carbocycles. The molecule has 1 heterocycles. The zero-order valence-electron chi connectivity index (χ0n) is 11.0. The lowest BCUT2D eigenvalue weighted by molar-refractivity contribution is -0.131. The number of hydrogen-bond donors (Lipinski definition) is 1. The van der Waals surface area contributed by atoms with Crippen LogP contribution in [-0.4, -0.2) is 30.9 Å². The van der Waals surface area contributed by atoms with Crippen LogP contribution in [0.3, 0.4) is 0 Å². The van der Waals surface area contributed by atoms with E-state index in [-0.39, 0.29) is 5.75 Å². The SMILES string of the molecule is O=C(O)/C=C/c1ccc(OCC2CCOCC2)c(F)c1. The molecule has 108 valence electrons. The second kappa shape index (κ2) is 7.05. The summed E-state index contributed by atoms with van der Waals surface area (Å²) >= 11 is 0. The Morgan fingerprint density at radius 3 is 2.85 bits per heavy atom. The van der Waals surface area contributed by atoms with Gasteiger partial charge in [0, 0.05) is 19.3 Å². The van der Waals surface area contributed by atoms with Gasteiger partial charge in [-0.05, 0) is 42.5 Å². The van der Waals surface area contributed by atoms with Crippen molar-refractivity contribution in [3.8, 4) is 5.75 Å². The van der Waals surface area contributed by atoms with Crippen LogP contribution >= 0.6 is 0 Å². The highest BCUT2D eigenvalue weighted by molar-refractivity contribution is 5.85. The maximum Gasteiger partial charge on any atom is 0.328 e. The Morgan fingerprint density at radius 1 is 1.45 bits per heavy atom. The fraction of sp³-hybridized carbons (Fsp3) is 0.400. The van der Waals surface area contributed by atoms with Crippen molar-refractivity contribution in [1.82, 2.24) is 0 Å². The van der Waals surface area contributed by atoms with Gasteiger partial charge in [-0.25, -0.2) is 9.18 Å².